The molecule has 2 nitrogen and oxygen atoms in total. The average molecular weight is 321 g/mol. The Hall–Kier alpha value is -0.260. The third-order valence-corrected chi connectivity index (χ3v) is 3.93. The molecular formula is C12H18BrFN2S. The summed E-state index contributed by atoms with van der Waals surface area (Å²) in [7, 11) is 0. The van der Waals surface area contributed by atoms with Gasteiger partial charge in [-0.2, -0.15) is 11.8 Å². The highest BCUT2D eigenvalue weighted by Gasteiger charge is 2.07. The van der Waals surface area contributed by atoms with Gasteiger partial charge in [0.15, 0.2) is 0 Å². The van der Waals surface area contributed by atoms with Gasteiger partial charge >= 0.3 is 0 Å². The van der Waals surface area contributed by atoms with Crippen LogP contribution < -0.4 is 11.1 Å². The summed E-state index contributed by atoms with van der Waals surface area (Å²) in [5, 5.41) is 3.32. The molecule has 0 amide bonds. The Morgan fingerprint density at radius 2 is 2.29 bits per heavy atom. The largest absolute Gasteiger partial charge is 0.381 e. The molecule has 1 unspecified atom stereocenters. The van der Waals surface area contributed by atoms with E-state index in [1.54, 1.807) is 12.1 Å². The summed E-state index contributed by atoms with van der Waals surface area (Å²) < 4.78 is 13.5. The van der Waals surface area contributed by atoms with Gasteiger partial charge in [-0.1, -0.05) is 6.92 Å². The molecule has 0 saturated carbocycles. The van der Waals surface area contributed by atoms with E-state index in [0.717, 1.165) is 23.6 Å². The number of nitrogens with one attached hydrogen (secondary N) is 1. The average Bonchev–Trinajstić information content (AvgIpc) is 2.32. The van der Waals surface area contributed by atoms with Crippen molar-refractivity contribution in [2.45, 2.75) is 19.4 Å². The normalized spacial score (nSPS) is 12.5. The summed E-state index contributed by atoms with van der Waals surface area (Å²) in [5.41, 5.74) is 6.61. The van der Waals surface area contributed by atoms with Crippen LogP contribution in [-0.2, 0) is 0 Å². The Morgan fingerprint density at radius 1 is 1.53 bits per heavy atom. The van der Waals surface area contributed by atoms with Crippen molar-refractivity contribution in [2.24, 2.45) is 5.73 Å². The smallest absolute Gasteiger partial charge is 0.137 e. The zero-order chi connectivity index (χ0) is 12.7. The summed E-state index contributed by atoms with van der Waals surface area (Å²) >= 11 is 5.07. The number of thioether (sulfide) groups is 1. The van der Waals surface area contributed by atoms with Crippen LogP contribution in [0.5, 0.6) is 0 Å². The molecule has 0 aliphatic rings. The molecule has 0 aromatic heterocycles. The van der Waals surface area contributed by atoms with E-state index in [4.69, 9.17) is 5.73 Å². The molecule has 1 aromatic carbocycles. The highest BCUT2D eigenvalue weighted by molar-refractivity contribution is 9.10. The molecule has 1 rings (SSSR count). The Kier molecular flexibility index (Phi) is 6.92. The van der Waals surface area contributed by atoms with Crippen molar-refractivity contribution in [3.8, 4) is 0 Å². The second-order valence-corrected chi connectivity index (χ2v) is 5.94. The second-order valence-electron chi connectivity index (χ2n) is 3.69. The van der Waals surface area contributed by atoms with Crippen molar-refractivity contribution >= 4 is 33.4 Å². The third-order valence-electron chi connectivity index (χ3n) is 2.39. The Bertz CT molecular complexity index is 349. The van der Waals surface area contributed by atoms with Gasteiger partial charge in [0.05, 0.1) is 4.47 Å². The molecule has 1 atom stereocenters. The van der Waals surface area contributed by atoms with Gasteiger partial charge in [0.2, 0.25) is 0 Å². The Labute approximate surface area is 115 Å². The van der Waals surface area contributed by atoms with E-state index in [1.807, 2.05) is 11.8 Å². The number of rotatable bonds is 7. The molecule has 96 valence electrons. The van der Waals surface area contributed by atoms with Crippen LogP contribution in [-0.4, -0.2) is 24.1 Å². The molecule has 0 radical (unpaired) electrons. The van der Waals surface area contributed by atoms with E-state index < -0.39 is 0 Å². The van der Waals surface area contributed by atoms with Gasteiger partial charge < -0.3 is 11.1 Å². The molecule has 5 heteroatoms. The maximum absolute atomic E-state index is 13.1. The van der Waals surface area contributed by atoms with Crippen LogP contribution >= 0.6 is 27.7 Å². The first-order valence-electron chi connectivity index (χ1n) is 5.66. The molecule has 3 N–H and O–H groups in total. The lowest BCUT2D eigenvalue weighted by molar-refractivity contribution is 0.621. The minimum Gasteiger partial charge on any atom is -0.381 e. The molecule has 0 saturated heterocycles. The first-order valence-corrected chi connectivity index (χ1v) is 7.61. The Morgan fingerprint density at radius 3 is 2.88 bits per heavy atom. The molecule has 17 heavy (non-hydrogen) atoms. The van der Waals surface area contributed by atoms with Crippen molar-refractivity contribution in [3.63, 3.8) is 0 Å². The molecule has 0 fully saturated rings. The van der Waals surface area contributed by atoms with Gasteiger partial charge in [0.25, 0.3) is 0 Å². The minimum atomic E-state index is -0.249. The molecule has 1 aromatic rings. The summed E-state index contributed by atoms with van der Waals surface area (Å²) in [6, 6.07) is 5.16. The van der Waals surface area contributed by atoms with E-state index in [-0.39, 0.29) is 11.9 Å². The zero-order valence-corrected chi connectivity index (χ0v) is 12.3. The van der Waals surface area contributed by atoms with Gasteiger partial charge in [-0.15, -0.1) is 0 Å². The number of anilines is 1. The van der Waals surface area contributed by atoms with Crippen LogP contribution in [0.25, 0.3) is 0 Å². The van der Waals surface area contributed by atoms with Crippen LogP contribution in [0.1, 0.15) is 13.3 Å². The van der Waals surface area contributed by atoms with E-state index in [0.29, 0.717) is 11.0 Å². The maximum atomic E-state index is 13.1. The van der Waals surface area contributed by atoms with Gasteiger partial charge in [-0.3, -0.25) is 0 Å². The quantitative estimate of drug-likeness (QED) is 0.755. The topological polar surface area (TPSA) is 38.0 Å². The predicted molar refractivity (Wildman–Crippen MR) is 78.2 cm³/mol. The highest BCUT2D eigenvalue weighted by Crippen LogP contribution is 2.21. The highest BCUT2D eigenvalue weighted by atomic mass is 79.9. The monoisotopic (exact) mass is 320 g/mol. The van der Waals surface area contributed by atoms with Crippen molar-refractivity contribution in [1.82, 2.24) is 0 Å². The molecule has 0 spiro atoms. The third kappa shape index (κ3) is 5.27. The molecule has 0 aliphatic heterocycles. The van der Waals surface area contributed by atoms with E-state index in [2.05, 4.69) is 28.2 Å². The fourth-order valence-electron chi connectivity index (χ4n) is 1.44. The summed E-state index contributed by atoms with van der Waals surface area (Å²) in [5.74, 6) is 1.97. The number of halogens is 2. The van der Waals surface area contributed by atoms with E-state index >= 15 is 0 Å². The molecular weight excluding hydrogens is 303 g/mol. The summed E-state index contributed by atoms with van der Waals surface area (Å²) in [6.07, 6.45) is 1.02. The standard InChI is InChI=1S/C12H18BrFN2S/c1-2-17-6-5-10(8-15)16-9-3-4-12(14)11(13)7-9/h3-4,7,10,16H,2,5-6,8,15H2,1H3. The first kappa shape index (κ1) is 14.8. The lowest BCUT2D eigenvalue weighted by Crippen LogP contribution is -2.29. The van der Waals surface area contributed by atoms with Crippen LogP contribution in [0.2, 0.25) is 0 Å². The van der Waals surface area contributed by atoms with Crippen molar-refractivity contribution in [2.75, 3.05) is 23.4 Å². The van der Waals surface area contributed by atoms with Crippen LogP contribution in [0, 0.1) is 5.82 Å². The molecule has 0 bridgehead atoms. The fraction of sp³-hybridized carbons (Fsp3) is 0.500. The Balaban J connectivity index is 2.51. The summed E-state index contributed by atoms with van der Waals surface area (Å²) in [6.45, 7) is 2.73. The summed E-state index contributed by atoms with van der Waals surface area (Å²) in [4.78, 5) is 0. The van der Waals surface area contributed by atoms with Crippen molar-refractivity contribution in [1.29, 1.82) is 0 Å². The zero-order valence-electron chi connectivity index (χ0n) is 9.88. The van der Waals surface area contributed by atoms with E-state index in [1.165, 1.54) is 6.07 Å². The lowest BCUT2D eigenvalue weighted by atomic mass is 10.2. The molecule has 0 aliphatic carbocycles. The predicted octanol–water partition coefficient (Wildman–Crippen LogP) is 3.47. The van der Waals surface area contributed by atoms with Crippen LogP contribution in [0.3, 0.4) is 0 Å². The second kappa shape index (κ2) is 7.95. The number of hydrogen-bond acceptors (Lipinski definition) is 3. The van der Waals surface area contributed by atoms with Gasteiger partial charge in [-0.05, 0) is 52.1 Å². The van der Waals surface area contributed by atoms with Gasteiger partial charge in [0, 0.05) is 18.3 Å². The van der Waals surface area contributed by atoms with Crippen LogP contribution in [0.4, 0.5) is 10.1 Å². The number of hydrogen-bond donors (Lipinski definition) is 2. The van der Waals surface area contributed by atoms with Crippen LogP contribution in [0.15, 0.2) is 22.7 Å². The van der Waals surface area contributed by atoms with Crippen molar-refractivity contribution in [3.05, 3.63) is 28.5 Å². The minimum absolute atomic E-state index is 0.242. The van der Waals surface area contributed by atoms with Gasteiger partial charge in [0.1, 0.15) is 5.82 Å². The fourth-order valence-corrected chi connectivity index (χ4v) is 2.56. The lowest BCUT2D eigenvalue weighted by Gasteiger charge is -2.18. The first-order chi connectivity index (χ1) is 8.17. The SMILES string of the molecule is CCSCCC(CN)Nc1ccc(F)c(Br)c1. The van der Waals surface area contributed by atoms with Gasteiger partial charge in [-0.25, -0.2) is 4.39 Å². The number of nitrogens with two attached hydrogens (primary N) is 1. The number of benzene rings is 1. The van der Waals surface area contributed by atoms with E-state index in [9.17, 15) is 4.39 Å². The maximum Gasteiger partial charge on any atom is 0.137 e. The molecule has 0 heterocycles. The van der Waals surface area contributed by atoms with Crippen molar-refractivity contribution < 1.29 is 4.39 Å².